The molecule has 74 valence electrons. The molecule has 0 fully saturated rings. The summed E-state index contributed by atoms with van der Waals surface area (Å²) in [5, 5.41) is 0. The van der Waals surface area contributed by atoms with Crippen LogP contribution in [0.1, 0.15) is 33.6 Å². The van der Waals surface area contributed by atoms with Crippen molar-refractivity contribution in [2.75, 3.05) is 7.05 Å². The summed E-state index contributed by atoms with van der Waals surface area (Å²) in [6, 6.07) is 0. The van der Waals surface area contributed by atoms with Crippen molar-refractivity contribution in [3.63, 3.8) is 0 Å². The van der Waals surface area contributed by atoms with Gasteiger partial charge >= 0.3 is 0 Å². The largest absolute Gasteiger partial charge is 0.403 e. The van der Waals surface area contributed by atoms with Crippen molar-refractivity contribution in [2.24, 2.45) is 10.7 Å². The zero-order chi connectivity index (χ0) is 10.4. The summed E-state index contributed by atoms with van der Waals surface area (Å²) in [6.45, 7) is 9.91. The molecule has 0 aliphatic heterocycles. The molecule has 0 heterocycles. The van der Waals surface area contributed by atoms with Gasteiger partial charge in [-0.15, -0.1) is 0 Å². The molecule has 0 bridgehead atoms. The second kappa shape index (κ2) is 5.57. The normalized spacial score (nSPS) is 14.0. The van der Waals surface area contributed by atoms with E-state index < -0.39 is 0 Å². The molecule has 0 aromatic heterocycles. The van der Waals surface area contributed by atoms with Gasteiger partial charge in [0.05, 0.1) is 0 Å². The molecule has 0 aromatic rings. The number of nitrogens with two attached hydrogens (primary N) is 1. The number of hydrogen-bond acceptors (Lipinski definition) is 2. The summed E-state index contributed by atoms with van der Waals surface area (Å²) in [4.78, 5) is 4.14. The van der Waals surface area contributed by atoms with Gasteiger partial charge in [-0.25, -0.2) is 0 Å². The molecule has 0 aliphatic rings. The van der Waals surface area contributed by atoms with Crippen LogP contribution in [0, 0.1) is 0 Å². The third-order valence-corrected chi connectivity index (χ3v) is 2.34. The second-order valence-corrected chi connectivity index (χ2v) is 3.37. The first-order chi connectivity index (χ1) is 5.99. The highest BCUT2D eigenvalue weighted by Gasteiger charge is 2.00. The Hall–Kier alpha value is -1.05. The fourth-order valence-electron chi connectivity index (χ4n) is 1.01. The van der Waals surface area contributed by atoms with Crippen LogP contribution in [-0.2, 0) is 0 Å². The van der Waals surface area contributed by atoms with E-state index in [1.54, 1.807) is 0 Å². The molecule has 0 saturated carbocycles. The molecule has 0 spiro atoms. The van der Waals surface area contributed by atoms with Gasteiger partial charge in [-0.1, -0.05) is 12.2 Å². The SMILES string of the molecule is C=C(N)CC/C(C)=C(/C)C(C)=NC. The first-order valence-corrected chi connectivity index (χ1v) is 4.52. The summed E-state index contributed by atoms with van der Waals surface area (Å²) in [7, 11) is 1.81. The Balaban J connectivity index is 4.36. The highest BCUT2D eigenvalue weighted by molar-refractivity contribution is 5.98. The minimum Gasteiger partial charge on any atom is -0.403 e. The summed E-state index contributed by atoms with van der Waals surface area (Å²) in [5.41, 5.74) is 9.96. The van der Waals surface area contributed by atoms with E-state index in [0.29, 0.717) is 0 Å². The Morgan fingerprint density at radius 2 is 1.77 bits per heavy atom. The van der Waals surface area contributed by atoms with Gasteiger partial charge in [0.15, 0.2) is 0 Å². The standard InChI is InChI=1S/C11H20N2/c1-8(6-7-9(2)12)10(3)11(4)13-5/h2,6-7,12H2,1,3-5H3/b10-8-,13-11?. The van der Waals surface area contributed by atoms with Crippen LogP contribution in [0.15, 0.2) is 28.4 Å². The fraction of sp³-hybridized carbons (Fsp3) is 0.545. The second-order valence-electron chi connectivity index (χ2n) is 3.37. The molecule has 2 N–H and O–H groups in total. The molecule has 0 amide bonds. The third-order valence-electron chi connectivity index (χ3n) is 2.34. The van der Waals surface area contributed by atoms with Crippen LogP contribution in [0.5, 0.6) is 0 Å². The molecule has 0 atom stereocenters. The first-order valence-electron chi connectivity index (χ1n) is 4.52. The van der Waals surface area contributed by atoms with E-state index in [9.17, 15) is 0 Å². The maximum atomic E-state index is 5.50. The smallest absolute Gasteiger partial charge is 0.0342 e. The summed E-state index contributed by atoms with van der Waals surface area (Å²) < 4.78 is 0. The van der Waals surface area contributed by atoms with Gasteiger partial charge in [0, 0.05) is 18.5 Å². The van der Waals surface area contributed by atoms with Crippen molar-refractivity contribution in [1.29, 1.82) is 0 Å². The molecule has 0 rings (SSSR count). The van der Waals surface area contributed by atoms with Crippen molar-refractivity contribution in [3.05, 3.63) is 23.4 Å². The molecular formula is C11H20N2. The Morgan fingerprint density at radius 3 is 2.15 bits per heavy atom. The van der Waals surface area contributed by atoms with Crippen LogP contribution in [0.25, 0.3) is 0 Å². The van der Waals surface area contributed by atoms with E-state index >= 15 is 0 Å². The average Bonchev–Trinajstić information content (AvgIpc) is 2.11. The van der Waals surface area contributed by atoms with E-state index in [1.807, 2.05) is 14.0 Å². The van der Waals surface area contributed by atoms with Crippen LogP contribution in [0.2, 0.25) is 0 Å². The molecule has 0 radical (unpaired) electrons. The first kappa shape index (κ1) is 11.9. The Morgan fingerprint density at radius 1 is 1.23 bits per heavy atom. The average molecular weight is 180 g/mol. The van der Waals surface area contributed by atoms with E-state index in [4.69, 9.17) is 5.73 Å². The van der Waals surface area contributed by atoms with E-state index in [0.717, 1.165) is 24.3 Å². The highest BCUT2D eigenvalue weighted by Crippen LogP contribution is 2.13. The van der Waals surface area contributed by atoms with Crippen LogP contribution in [0.3, 0.4) is 0 Å². The Labute approximate surface area is 81.2 Å². The molecule has 0 saturated heterocycles. The van der Waals surface area contributed by atoms with Gasteiger partial charge in [-0.05, 0) is 39.2 Å². The number of aliphatic imine (C=N–C) groups is 1. The fourth-order valence-corrected chi connectivity index (χ4v) is 1.01. The Kier molecular flexibility index (Phi) is 5.12. The van der Waals surface area contributed by atoms with Gasteiger partial charge in [-0.2, -0.15) is 0 Å². The third kappa shape index (κ3) is 4.51. The summed E-state index contributed by atoms with van der Waals surface area (Å²) in [6.07, 6.45) is 1.84. The Bertz CT molecular complexity index is 247. The zero-order valence-corrected chi connectivity index (χ0v) is 9.15. The monoisotopic (exact) mass is 180 g/mol. The lowest BCUT2D eigenvalue weighted by atomic mass is 10.0. The molecular weight excluding hydrogens is 160 g/mol. The lowest BCUT2D eigenvalue weighted by Crippen LogP contribution is -1.99. The van der Waals surface area contributed by atoms with Gasteiger partial charge in [0.2, 0.25) is 0 Å². The maximum Gasteiger partial charge on any atom is 0.0342 e. The predicted molar refractivity (Wildman–Crippen MR) is 60.0 cm³/mol. The molecule has 0 aliphatic carbocycles. The molecule has 2 nitrogen and oxygen atoms in total. The van der Waals surface area contributed by atoms with Crippen LogP contribution >= 0.6 is 0 Å². The van der Waals surface area contributed by atoms with Gasteiger partial charge < -0.3 is 5.73 Å². The molecule has 13 heavy (non-hydrogen) atoms. The molecule has 2 heteroatoms. The van der Waals surface area contributed by atoms with Crippen molar-refractivity contribution in [2.45, 2.75) is 33.6 Å². The minimum absolute atomic E-state index is 0.748. The minimum atomic E-state index is 0.748. The van der Waals surface area contributed by atoms with Crippen molar-refractivity contribution in [1.82, 2.24) is 0 Å². The van der Waals surface area contributed by atoms with E-state index in [2.05, 4.69) is 25.4 Å². The molecule has 0 aromatic carbocycles. The maximum absolute atomic E-state index is 5.50. The summed E-state index contributed by atoms with van der Waals surface area (Å²) in [5.74, 6) is 0. The van der Waals surface area contributed by atoms with Crippen molar-refractivity contribution < 1.29 is 0 Å². The van der Waals surface area contributed by atoms with E-state index in [1.165, 1.54) is 11.1 Å². The van der Waals surface area contributed by atoms with Crippen molar-refractivity contribution >= 4 is 5.71 Å². The van der Waals surface area contributed by atoms with Gasteiger partial charge in [0.1, 0.15) is 0 Å². The zero-order valence-electron chi connectivity index (χ0n) is 9.15. The number of nitrogens with zero attached hydrogens (tertiary/aromatic N) is 1. The molecule has 0 unspecified atom stereocenters. The number of rotatable bonds is 4. The van der Waals surface area contributed by atoms with Gasteiger partial charge in [0.25, 0.3) is 0 Å². The number of hydrogen-bond donors (Lipinski definition) is 1. The predicted octanol–water partition coefficient (Wildman–Crippen LogP) is 2.67. The lowest BCUT2D eigenvalue weighted by molar-refractivity contribution is 0.907. The van der Waals surface area contributed by atoms with Crippen LogP contribution < -0.4 is 5.73 Å². The van der Waals surface area contributed by atoms with Crippen LogP contribution in [-0.4, -0.2) is 12.8 Å². The number of allylic oxidation sites excluding steroid dienone is 3. The van der Waals surface area contributed by atoms with E-state index in [-0.39, 0.29) is 0 Å². The van der Waals surface area contributed by atoms with Gasteiger partial charge in [-0.3, -0.25) is 4.99 Å². The van der Waals surface area contributed by atoms with Crippen molar-refractivity contribution in [3.8, 4) is 0 Å². The van der Waals surface area contributed by atoms with Crippen LogP contribution in [0.4, 0.5) is 0 Å². The lowest BCUT2D eigenvalue weighted by Gasteiger charge is -2.06. The quantitative estimate of drug-likeness (QED) is 0.664. The topological polar surface area (TPSA) is 38.4 Å². The summed E-state index contributed by atoms with van der Waals surface area (Å²) >= 11 is 0. The highest BCUT2D eigenvalue weighted by atomic mass is 14.7.